The van der Waals surface area contributed by atoms with E-state index in [0.717, 1.165) is 12.8 Å². The molecule has 1 aliphatic carbocycles. The van der Waals surface area contributed by atoms with Crippen molar-refractivity contribution in [2.24, 2.45) is 11.8 Å². The number of esters is 1. The van der Waals surface area contributed by atoms with Gasteiger partial charge in [-0.1, -0.05) is 30.3 Å². The van der Waals surface area contributed by atoms with E-state index in [4.69, 9.17) is 9.47 Å². The topological polar surface area (TPSA) is 35.5 Å². The number of carbonyl (C=O) groups is 1. The number of ether oxygens (including phenoxy) is 2. The van der Waals surface area contributed by atoms with Gasteiger partial charge in [0.15, 0.2) is 0 Å². The number of hydrogen-bond acceptors (Lipinski definition) is 3. The van der Waals surface area contributed by atoms with Gasteiger partial charge in [-0.2, -0.15) is 0 Å². The molecule has 2 atom stereocenters. The lowest BCUT2D eigenvalue weighted by molar-refractivity contribution is -0.156. The highest BCUT2D eigenvalue weighted by atomic mass is 16.6. The van der Waals surface area contributed by atoms with Crippen molar-refractivity contribution in [3.05, 3.63) is 35.9 Å². The molecule has 0 aromatic heterocycles. The Balaban J connectivity index is 1.59. The van der Waals surface area contributed by atoms with Gasteiger partial charge >= 0.3 is 5.97 Å². The standard InChI is InChI=1S/C17H24O3/c1-17(2,3)20-16(18)15-11-14(15)9-10-19-12-13-7-5-4-6-8-13/h4-8,14-15H,9-12H2,1-3H3/t14-,15+/m1/s1. The third kappa shape index (κ3) is 4.97. The maximum Gasteiger partial charge on any atom is 0.309 e. The Hall–Kier alpha value is -1.35. The molecule has 0 unspecified atom stereocenters. The van der Waals surface area contributed by atoms with Gasteiger partial charge in [-0.25, -0.2) is 0 Å². The van der Waals surface area contributed by atoms with E-state index < -0.39 is 0 Å². The molecule has 0 bridgehead atoms. The maximum atomic E-state index is 11.8. The molecule has 0 aliphatic heterocycles. The predicted octanol–water partition coefficient (Wildman–Crippen LogP) is 3.57. The SMILES string of the molecule is CC(C)(C)OC(=O)[C@H]1C[C@H]1CCOCc1ccccc1. The van der Waals surface area contributed by atoms with Gasteiger partial charge in [0, 0.05) is 6.61 Å². The first kappa shape index (κ1) is 15.0. The van der Waals surface area contributed by atoms with Crippen LogP contribution in [0.25, 0.3) is 0 Å². The monoisotopic (exact) mass is 276 g/mol. The highest BCUT2D eigenvalue weighted by molar-refractivity contribution is 5.76. The average Bonchev–Trinajstić information content (AvgIpc) is 3.13. The van der Waals surface area contributed by atoms with E-state index in [9.17, 15) is 4.79 Å². The first-order chi connectivity index (χ1) is 9.46. The molecule has 1 aromatic rings. The summed E-state index contributed by atoms with van der Waals surface area (Å²) in [5.41, 5.74) is 0.806. The van der Waals surface area contributed by atoms with Gasteiger partial charge in [0.05, 0.1) is 12.5 Å². The van der Waals surface area contributed by atoms with Crippen LogP contribution in [-0.4, -0.2) is 18.2 Å². The largest absolute Gasteiger partial charge is 0.460 e. The van der Waals surface area contributed by atoms with Crippen molar-refractivity contribution in [2.45, 2.75) is 45.8 Å². The molecule has 1 aromatic carbocycles. The van der Waals surface area contributed by atoms with Crippen molar-refractivity contribution >= 4 is 5.97 Å². The molecule has 3 nitrogen and oxygen atoms in total. The normalized spacial score (nSPS) is 21.6. The van der Waals surface area contributed by atoms with E-state index in [0.29, 0.717) is 19.1 Å². The molecule has 0 radical (unpaired) electrons. The lowest BCUT2D eigenvalue weighted by Gasteiger charge is -2.19. The quantitative estimate of drug-likeness (QED) is 0.588. The van der Waals surface area contributed by atoms with Crippen molar-refractivity contribution < 1.29 is 14.3 Å². The number of carbonyl (C=O) groups excluding carboxylic acids is 1. The van der Waals surface area contributed by atoms with E-state index in [2.05, 4.69) is 12.1 Å². The van der Waals surface area contributed by atoms with Gasteiger partial charge in [0.1, 0.15) is 5.60 Å². The molecule has 1 saturated carbocycles. The van der Waals surface area contributed by atoms with Gasteiger partial charge in [-0.3, -0.25) is 4.79 Å². The third-order valence-corrected chi connectivity index (χ3v) is 3.38. The summed E-state index contributed by atoms with van der Waals surface area (Å²) in [7, 11) is 0. The fourth-order valence-electron chi connectivity index (χ4n) is 2.23. The Bertz CT molecular complexity index is 433. The van der Waals surface area contributed by atoms with E-state index in [1.54, 1.807) is 0 Å². The summed E-state index contributed by atoms with van der Waals surface area (Å²) in [6.07, 6.45) is 1.89. The molecule has 0 N–H and O–H groups in total. The summed E-state index contributed by atoms with van der Waals surface area (Å²) in [5.74, 6) is 0.487. The minimum Gasteiger partial charge on any atom is -0.460 e. The summed E-state index contributed by atoms with van der Waals surface area (Å²) < 4.78 is 11.0. The Labute approximate surface area is 121 Å². The Kier molecular flexibility index (Phi) is 4.81. The van der Waals surface area contributed by atoms with Gasteiger partial charge < -0.3 is 9.47 Å². The molecule has 20 heavy (non-hydrogen) atoms. The molecular formula is C17H24O3. The van der Waals surface area contributed by atoms with Crippen LogP contribution in [0.2, 0.25) is 0 Å². The number of benzene rings is 1. The molecule has 1 fully saturated rings. The van der Waals surface area contributed by atoms with Gasteiger partial charge in [0.25, 0.3) is 0 Å². The van der Waals surface area contributed by atoms with Crippen LogP contribution in [0.4, 0.5) is 0 Å². The van der Waals surface area contributed by atoms with Crippen LogP contribution in [0.5, 0.6) is 0 Å². The Morgan fingerprint density at radius 1 is 1.25 bits per heavy atom. The van der Waals surface area contributed by atoms with E-state index >= 15 is 0 Å². The molecule has 0 heterocycles. The van der Waals surface area contributed by atoms with Crippen LogP contribution in [0.3, 0.4) is 0 Å². The molecule has 0 amide bonds. The molecule has 0 saturated heterocycles. The summed E-state index contributed by atoms with van der Waals surface area (Å²) in [6, 6.07) is 10.1. The van der Waals surface area contributed by atoms with E-state index in [1.165, 1.54) is 5.56 Å². The zero-order chi connectivity index (χ0) is 14.6. The second-order valence-electron chi connectivity index (χ2n) is 6.46. The molecule has 0 spiro atoms. The highest BCUT2D eigenvalue weighted by Gasteiger charge is 2.44. The van der Waals surface area contributed by atoms with E-state index in [1.807, 2.05) is 39.0 Å². The lowest BCUT2D eigenvalue weighted by atomic mass is 10.2. The van der Waals surface area contributed by atoms with Crippen molar-refractivity contribution in [3.63, 3.8) is 0 Å². The number of hydrogen-bond donors (Lipinski definition) is 0. The van der Waals surface area contributed by atoms with Crippen molar-refractivity contribution in [2.75, 3.05) is 6.61 Å². The highest BCUT2D eigenvalue weighted by Crippen LogP contribution is 2.42. The van der Waals surface area contributed by atoms with Crippen LogP contribution in [0.15, 0.2) is 30.3 Å². The van der Waals surface area contributed by atoms with Crippen LogP contribution in [0.1, 0.15) is 39.2 Å². The average molecular weight is 276 g/mol. The Morgan fingerprint density at radius 3 is 2.60 bits per heavy atom. The van der Waals surface area contributed by atoms with Crippen LogP contribution < -0.4 is 0 Å². The zero-order valence-electron chi connectivity index (χ0n) is 12.6. The lowest BCUT2D eigenvalue weighted by Crippen LogP contribution is -2.25. The van der Waals surface area contributed by atoms with Crippen molar-refractivity contribution in [1.29, 1.82) is 0 Å². The summed E-state index contributed by atoms with van der Waals surface area (Å²) >= 11 is 0. The minimum atomic E-state index is -0.381. The minimum absolute atomic E-state index is 0.0504. The third-order valence-electron chi connectivity index (χ3n) is 3.38. The summed E-state index contributed by atoms with van der Waals surface area (Å²) in [4.78, 5) is 11.8. The predicted molar refractivity (Wildman–Crippen MR) is 78.2 cm³/mol. The first-order valence-electron chi connectivity index (χ1n) is 7.30. The molecule has 110 valence electrons. The van der Waals surface area contributed by atoms with Gasteiger partial charge in [-0.15, -0.1) is 0 Å². The molecule has 2 rings (SSSR count). The second kappa shape index (κ2) is 6.40. The van der Waals surface area contributed by atoms with Gasteiger partial charge in [-0.05, 0) is 45.1 Å². The maximum absolute atomic E-state index is 11.8. The van der Waals surface area contributed by atoms with Crippen LogP contribution in [-0.2, 0) is 20.9 Å². The van der Waals surface area contributed by atoms with Crippen LogP contribution >= 0.6 is 0 Å². The fraction of sp³-hybridized carbons (Fsp3) is 0.588. The fourth-order valence-corrected chi connectivity index (χ4v) is 2.23. The van der Waals surface area contributed by atoms with Crippen molar-refractivity contribution in [1.82, 2.24) is 0 Å². The Morgan fingerprint density at radius 2 is 1.95 bits per heavy atom. The first-order valence-corrected chi connectivity index (χ1v) is 7.30. The summed E-state index contributed by atoms with van der Waals surface area (Å²) in [5, 5.41) is 0. The smallest absolute Gasteiger partial charge is 0.309 e. The number of rotatable bonds is 6. The summed E-state index contributed by atoms with van der Waals surface area (Å²) in [6.45, 7) is 7.07. The van der Waals surface area contributed by atoms with Gasteiger partial charge in [0.2, 0.25) is 0 Å². The molecule has 3 heteroatoms. The molecular weight excluding hydrogens is 252 g/mol. The zero-order valence-corrected chi connectivity index (χ0v) is 12.6. The van der Waals surface area contributed by atoms with Crippen LogP contribution in [0, 0.1) is 11.8 Å². The van der Waals surface area contributed by atoms with E-state index in [-0.39, 0.29) is 17.5 Å². The second-order valence-corrected chi connectivity index (χ2v) is 6.46. The van der Waals surface area contributed by atoms with Crippen molar-refractivity contribution in [3.8, 4) is 0 Å². The molecule has 1 aliphatic rings.